The SMILES string of the molecule is O=Cc1c(-c2ccc[nH]2)c(Cl)cc2c1[nH]c1ccccc12. The molecule has 0 aliphatic heterocycles. The van der Waals surface area contributed by atoms with E-state index in [1.165, 1.54) is 0 Å². The topological polar surface area (TPSA) is 48.6 Å². The van der Waals surface area contributed by atoms with E-state index in [1.54, 1.807) is 0 Å². The maximum atomic E-state index is 11.7. The molecule has 0 amide bonds. The number of carbonyl (C=O) groups is 1. The van der Waals surface area contributed by atoms with Gasteiger partial charge in [-0.25, -0.2) is 0 Å². The Kier molecular flexibility index (Phi) is 2.62. The first kappa shape index (κ1) is 12.2. The van der Waals surface area contributed by atoms with E-state index < -0.39 is 0 Å². The Hall–Kier alpha value is -2.52. The third-order valence-electron chi connectivity index (χ3n) is 3.78. The molecule has 0 fully saturated rings. The van der Waals surface area contributed by atoms with Gasteiger partial charge < -0.3 is 9.97 Å². The quantitative estimate of drug-likeness (QED) is 0.513. The van der Waals surface area contributed by atoms with Crippen molar-refractivity contribution in [2.75, 3.05) is 0 Å². The summed E-state index contributed by atoms with van der Waals surface area (Å²) in [6.45, 7) is 0. The number of rotatable bonds is 2. The number of hydrogen-bond donors (Lipinski definition) is 2. The van der Waals surface area contributed by atoms with Crippen LogP contribution in [-0.4, -0.2) is 16.3 Å². The molecule has 4 rings (SSSR count). The Morgan fingerprint density at radius 3 is 2.67 bits per heavy atom. The van der Waals surface area contributed by atoms with Crippen molar-refractivity contribution >= 4 is 39.7 Å². The maximum absolute atomic E-state index is 11.7. The summed E-state index contributed by atoms with van der Waals surface area (Å²) in [5, 5.41) is 2.60. The average Bonchev–Trinajstić information content (AvgIpc) is 3.13. The number of benzene rings is 2. The summed E-state index contributed by atoms with van der Waals surface area (Å²) in [6.07, 6.45) is 2.68. The van der Waals surface area contributed by atoms with E-state index in [1.807, 2.05) is 48.7 Å². The Bertz CT molecular complexity index is 967. The van der Waals surface area contributed by atoms with Crippen molar-refractivity contribution in [2.45, 2.75) is 0 Å². The summed E-state index contributed by atoms with van der Waals surface area (Å²) in [7, 11) is 0. The molecule has 2 N–H and O–H groups in total. The van der Waals surface area contributed by atoms with Crippen LogP contribution in [0.3, 0.4) is 0 Å². The molecule has 0 saturated carbocycles. The molecule has 0 spiro atoms. The molecule has 0 saturated heterocycles. The largest absolute Gasteiger partial charge is 0.361 e. The van der Waals surface area contributed by atoms with E-state index in [9.17, 15) is 4.79 Å². The number of fused-ring (bicyclic) bond motifs is 3. The van der Waals surface area contributed by atoms with Crippen molar-refractivity contribution in [1.29, 1.82) is 0 Å². The second-order valence-corrected chi connectivity index (χ2v) is 5.35. The lowest BCUT2D eigenvalue weighted by Gasteiger charge is -2.07. The molecule has 0 bridgehead atoms. The predicted octanol–water partition coefficient (Wildman–Crippen LogP) is 4.78. The molecule has 0 radical (unpaired) electrons. The van der Waals surface area contributed by atoms with Crippen molar-refractivity contribution in [3.05, 3.63) is 59.2 Å². The number of nitrogens with one attached hydrogen (secondary N) is 2. The summed E-state index contributed by atoms with van der Waals surface area (Å²) in [6, 6.07) is 13.7. The van der Waals surface area contributed by atoms with E-state index in [-0.39, 0.29) is 0 Å². The molecule has 3 nitrogen and oxygen atoms in total. The van der Waals surface area contributed by atoms with Gasteiger partial charge >= 0.3 is 0 Å². The summed E-state index contributed by atoms with van der Waals surface area (Å²) >= 11 is 6.44. The fourth-order valence-electron chi connectivity index (χ4n) is 2.86. The van der Waals surface area contributed by atoms with Gasteiger partial charge in [-0.1, -0.05) is 29.8 Å². The Morgan fingerprint density at radius 2 is 1.90 bits per heavy atom. The van der Waals surface area contributed by atoms with Gasteiger partial charge in [0.1, 0.15) is 0 Å². The highest BCUT2D eigenvalue weighted by atomic mass is 35.5. The van der Waals surface area contributed by atoms with Gasteiger partial charge in [-0.3, -0.25) is 4.79 Å². The Morgan fingerprint density at radius 1 is 1.05 bits per heavy atom. The number of aldehydes is 1. The van der Waals surface area contributed by atoms with Crippen LogP contribution in [0.4, 0.5) is 0 Å². The van der Waals surface area contributed by atoms with Crippen LogP contribution in [0.2, 0.25) is 5.02 Å². The van der Waals surface area contributed by atoms with Crippen LogP contribution in [0.1, 0.15) is 10.4 Å². The molecule has 0 aliphatic rings. The molecular formula is C17H11ClN2O. The predicted molar refractivity (Wildman–Crippen MR) is 86.0 cm³/mol. The fourth-order valence-corrected chi connectivity index (χ4v) is 3.17. The lowest BCUT2D eigenvalue weighted by Crippen LogP contribution is -1.91. The standard InChI is InChI=1S/C17H11ClN2O/c18-13-8-11-10-4-1-2-5-14(10)20-17(11)12(9-21)16(13)15-6-3-7-19-15/h1-9,19-20H. The summed E-state index contributed by atoms with van der Waals surface area (Å²) in [5.41, 5.74) is 3.96. The summed E-state index contributed by atoms with van der Waals surface area (Å²) in [5.74, 6) is 0. The van der Waals surface area contributed by atoms with Crippen molar-refractivity contribution in [3.8, 4) is 11.3 Å². The fraction of sp³-hybridized carbons (Fsp3) is 0. The summed E-state index contributed by atoms with van der Waals surface area (Å²) in [4.78, 5) is 18.1. The van der Waals surface area contributed by atoms with Gasteiger partial charge in [-0.15, -0.1) is 0 Å². The van der Waals surface area contributed by atoms with Gasteiger partial charge in [0.15, 0.2) is 6.29 Å². The lowest BCUT2D eigenvalue weighted by atomic mass is 10.0. The summed E-state index contributed by atoms with van der Waals surface area (Å²) < 4.78 is 0. The molecule has 0 atom stereocenters. The molecule has 102 valence electrons. The maximum Gasteiger partial charge on any atom is 0.152 e. The minimum atomic E-state index is 0.566. The zero-order chi connectivity index (χ0) is 14.4. The lowest BCUT2D eigenvalue weighted by molar-refractivity contribution is 0.112. The zero-order valence-corrected chi connectivity index (χ0v) is 11.7. The first-order chi connectivity index (χ1) is 10.3. The van der Waals surface area contributed by atoms with Crippen LogP contribution >= 0.6 is 11.6 Å². The van der Waals surface area contributed by atoms with Gasteiger partial charge in [0.25, 0.3) is 0 Å². The van der Waals surface area contributed by atoms with Crippen LogP contribution in [0, 0.1) is 0 Å². The van der Waals surface area contributed by atoms with E-state index in [0.717, 1.165) is 39.3 Å². The van der Waals surface area contributed by atoms with Crippen LogP contribution in [-0.2, 0) is 0 Å². The number of halogens is 1. The van der Waals surface area contributed by atoms with Crippen molar-refractivity contribution in [1.82, 2.24) is 9.97 Å². The van der Waals surface area contributed by atoms with Gasteiger partial charge in [-0.05, 0) is 24.3 Å². The molecule has 4 aromatic rings. The zero-order valence-electron chi connectivity index (χ0n) is 11.0. The highest BCUT2D eigenvalue weighted by Crippen LogP contribution is 2.37. The number of aromatic amines is 2. The van der Waals surface area contributed by atoms with Gasteiger partial charge in [0, 0.05) is 39.3 Å². The van der Waals surface area contributed by atoms with E-state index in [4.69, 9.17) is 11.6 Å². The van der Waals surface area contributed by atoms with Crippen molar-refractivity contribution in [2.24, 2.45) is 0 Å². The van der Waals surface area contributed by atoms with Crippen LogP contribution in [0.25, 0.3) is 33.1 Å². The van der Waals surface area contributed by atoms with E-state index >= 15 is 0 Å². The normalized spacial score (nSPS) is 11.3. The molecular weight excluding hydrogens is 284 g/mol. The van der Waals surface area contributed by atoms with E-state index in [0.29, 0.717) is 10.6 Å². The van der Waals surface area contributed by atoms with Crippen LogP contribution in [0.5, 0.6) is 0 Å². The number of para-hydroxylation sites is 1. The number of hydrogen-bond acceptors (Lipinski definition) is 1. The van der Waals surface area contributed by atoms with Crippen LogP contribution < -0.4 is 0 Å². The average molecular weight is 295 g/mol. The molecule has 4 heteroatoms. The first-order valence-corrected chi connectivity index (χ1v) is 6.99. The van der Waals surface area contributed by atoms with Gasteiger partial charge in [0.05, 0.1) is 10.5 Å². The van der Waals surface area contributed by atoms with Crippen molar-refractivity contribution in [3.63, 3.8) is 0 Å². The third-order valence-corrected chi connectivity index (χ3v) is 4.08. The molecule has 21 heavy (non-hydrogen) atoms. The minimum absolute atomic E-state index is 0.566. The minimum Gasteiger partial charge on any atom is -0.361 e. The molecule has 2 aromatic heterocycles. The highest BCUT2D eigenvalue weighted by molar-refractivity contribution is 6.36. The molecule has 2 heterocycles. The molecule has 0 unspecified atom stereocenters. The Labute approximate surface area is 125 Å². The second-order valence-electron chi connectivity index (χ2n) is 4.94. The smallest absolute Gasteiger partial charge is 0.152 e. The Balaban J connectivity index is 2.20. The van der Waals surface area contributed by atoms with Crippen LogP contribution in [0.15, 0.2) is 48.7 Å². The molecule has 2 aromatic carbocycles. The first-order valence-electron chi connectivity index (χ1n) is 6.61. The van der Waals surface area contributed by atoms with E-state index in [2.05, 4.69) is 9.97 Å². The number of carbonyl (C=O) groups excluding carboxylic acids is 1. The molecule has 0 aliphatic carbocycles. The monoisotopic (exact) mass is 294 g/mol. The number of H-pyrrole nitrogens is 2. The van der Waals surface area contributed by atoms with Gasteiger partial charge in [-0.2, -0.15) is 0 Å². The number of aromatic nitrogens is 2. The second kappa shape index (κ2) is 4.50. The van der Waals surface area contributed by atoms with Gasteiger partial charge in [0.2, 0.25) is 0 Å². The third kappa shape index (κ3) is 1.71. The van der Waals surface area contributed by atoms with Crippen molar-refractivity contribution < 1.29 is 4.79 Å². The highest BCUT2D eigenvalue weighted by Gasteiger charge is 2.17.